The van der Waals surface area contributed by atoms with E-state index in [1.54, 1.807) is 36.4 Å². The first-order chi connectivity index (χ1) is 19.0. The first-order valence-corrected chi connectivity index (χ1v) is 12.3. The Balaban J connectivity index is 0.000000708. The Morgan fingerprint density at radius 3 is 2.10 bits per heavy atom. The average Bonchev–Trinajstić information content (AvgIpc) is 2.92. The molecule has 0 saturated carbocycles. The Hall–Kier alpha value is -3.84. The maximum Gasteiger partial charge on any atom is 0.490 e. The number of para-hydroxylation sites is 2. The van der Waals surface area contributed by atoms with Crippen LogP contribution in [0.3, 0.4) is 0 Å². The van der Waals surface area contributed by atoms with Crippen molar-refractivity contribution in [2.45, 2.75) is 24.7 Å². The van der Waals surface area contributed by atoms with Crippen LogP contribution < -0.4 is 20.7 Å². The maximum absolute atomic E-state index is 12.2. The van der Waals surface area contributed by atoms with Crippen LogP contribution in [0.25, 0.3) is 0 Å². The summed E-state index contributed by atoms with van der Waals surface area (Å²) in [6.45, 7) is 0.373. The van der Waals surface area contributed by atoms with E-state index in [1.165, 1.54) is 0 Å². The summed E-state index contributed by atoms with van der Waals surface area (Å²) in [5.41, 5.74) is 2.14. The highest BCUT2D eigenvalue weighted by atomic mass is 35.5. The van der Waals surface area contributed by atoms with Crippen molar-refractivity contribution in [3.05, 3.63) is 89.4 Å². The van der Waals surface area contributed by atoms with Crippen LogP contribution in [0.4, 0.5) is 29.3 Å². The fourth-order valence-electron chi connectivity index (χ4n) is 3.13. The number of hydrogen-bond donors (Lipinski definition) is 6. The highest BCUT2D eigenvalue weighted by Gasteiger charge is 2.38. The van der Waals surface area contributed by atoms with Gasteiger partial charge in [0.25, 0.3) is 0 Å². The zero-order chi connectivity index (χ0) is 29.5. The van der Waals surface area contributed by atoms with Crippen molar-refractivity contribution >= 4 is 35.0 Å². The third kappa shape index (κ3) is 12.3. The van der Waals surface area contributed by atoms with Gasteiger partial charge in [0.2, 0.25) is 0 Å². The Morgan fingerprint density at radius 1 is 0.925 bits per heavy atom. The summed E-state index contributed by atoms with van der Waals surface area (Å²) in [4.78, 5) is 21.1. The smallest absolute Gasteiger partial charge is 0.490 e. The number of anilines is 2. The molecule has 0 radical (unpaired) electrons. The van der Waals surface area contributed by atoms with Gasteiger partial charge in [-0.1, -0.05) is 54.1 Å². The number of alkyl halides is 3. The van der Waals surface area contributed by atoms with E-state index in [2.05, 4.69) is 16.0 Å². The second-order valence-electron chi connectivity index (χ2n) is 8.33. The molecule has 0 heterocycles. The van der Waals surface area contributed by atoms with Crippen LogP contribution in [0.15, 0.2) is 78.9 Å². The number of aliphatic hydroxyl groups is 2. The maximum atomic E-state index is 12.2. The molecule has 0 aliphatic heterocycles. The van der Waals surface area contributed by atoms with E-state index in [-0.39, 0.29) is 19.3 Å². The molecule has 2 amide bonds. The molecule has 3 rings (SSSR count). The summed E-state index contributed by atoms with van der Waals surface area (Å²) in [6.07, 6.45) is -5.23. The standard InChI is InChI=1S/C25H28ClN3O4.C2HF3O2/c26-23-8-4-5-9-24(23)29-25(32)28-19-12-10-18(11-13-19)14-20(16-30)27-15-21(31)17-33-22-6-2-1-3-7-22;3-2(4,5)1(6)7/h1-13,20-21,27,30-31H,14-17H2,(H2,28,29,32);(H,6,7)/t20-,21-;/m0./s1. The highest BCUT2D eigenvalue weighted by molar-refractivity contribution is 6.33. The largest absolute Gasteiger partial charge is 0.491 e. The fraction of sp³-hybridized carbons (Fsp3) is 0.259. The van der Waals surface area contributed by atoms with Crippen LogP contribution >= 0.6 is 11.6 Å². The summed E-state index contributed by atoms with van der Waals surface area (Å²) in [6, 6.07) is 23.0. The number of ether oxygens (including phenoxy) is 1. The van der Waals surface area contributed by atoms with Crippen LogP contribution in [-0.4, -0.2) is 65.4 Å². The van der Waals surface area contributed by atoms with Crippen molar-refractivity contribution in [1.29, 1.82) is 0 Å². The molecule has 0 unspecified atom stereocenters. The fourth-order valence-corrected chi connectivity index (χ4v) is 3.31. The molecule has 3 aromatic carbocycles. The lowest BCUT2D eigenvalue weighted by atomic mass is 10.1. The van der Waals surface area contributed by atoms with Gasteiger partial charge in [-0.15, -0.1) is 0 Å². The number of halogens is 4. The average molecular weight is 584 g/mol. The van der Waals surface area contributed by atoms with E-state index in [1.807, 2.05) is 42.5 Å². The summed E-state index contributed by atoms with van der Waals surface area (Å²) in [5.74, 6) is -2.06. The molecule has 40 heavy (non-hydrogen) atoms. The van der Waals surface area contributed by atoms with Crippen molar-refractivity contribution in [1.82, 2.24) is 5.32 Å². The molecule has 0 bridgehead atoms. The van der Waals surface area contributed by atoms with E-state index in [4.69, 9.17) is 26.2 Å². The minimum atomic E-state index is -5.08. The van der Waals surface area contributed by atoms with Crippen molar-refractivity contribution in [3.8, 4) is 5.75 Å². The van der Waals surface area contributed by atoms with Crippen LogP contribution in [0.2, 0.25) is 5.02 Å². The number of carboxylic acids is 1. The Bertz CT molecular complexity index is 1200. The van der Waals surface area contributed by atoms with E-state index >= 15 is 0 Å². The van der Waals surface area contributed by atoms with Gasteiger partial charge in [-0.05, 0) is 48.4 Å². The predicted molar refractivity (Wildman–Crippen MR) is 145 cm³/mol. The van der Waals surface area contributed by atoms with Gasteiger partial charge in [0.1, 0.15) is 18.5 Å². The minimum absolute atomic E-state index is 0.0769. The number of rotatable bonds is 11. The van der Waals surface area contributed by atoms with Crippen molar-refractivity contribution in [2.75, 3.05) is 30.4 Å². The monoisotopic (exact) mass is 583 g/mol. The van der Waals surface area contributed by atoms with E-state index in [9.17, 15) is 28.2 Å². The van der Waals surface area contributed by atoms with Gasteiger partial charge >= 0.3 is 18.2 Å². The predicted octanol–water partition coefficient (Wildman–Crippen LogP) is 4.55. The molecule has 0 aliphatic carbocycles. The minimum Gasteiger partial charge on any atom is -0.491 e. The molecule has 2 atom stereocenters. The Labute approximate surface area is 233 Å². The molecule has 216 valence electrons. The number of carbonyl (C=O) groups is 2. The van der Waals surface area contributed by atoms with Crippen LogP contribution in [0.1, 0.15) is 5.56 Å². The van der Waals surface area contributed by atoms with Gasteiger partial charge < -0.3 is 36.0 Å². The second-order valence-corrected chi connectivity index (χ2v) is 8.74. The quantitative estimate of drug-likeness (QED) is 0.195. The molecule has 13 heteroatoms. The third-order valence-electron chi connectivity index (χ3n) is 5.11. The number of carbonyl (C=O) groups excluding carboxylic acids is 1. The number of carboxylic acid groups (broad SMARTS) is 1. The second kappa shape index (κ2) is 16.3. The van der Waals surface area contributed by atoms with Gasteiger partial charge in [-0.2, -0.15) is 13.2 Å². The zero-order valence-corrected chi connectivity index (χ0v) is 21.8. The van der Waals surface area contributed by atoms with E-state index in [0.29, 0.717) is 35.1 Å². The number of urea groups is 1. The van der Waals surface area contributed by atoms with Crippen molar-refractivity contribution in [2.24, 2.45) is 0 Å². The van der Waals surface area contributed by atoms with Crippen LogP contribution in [0, 0.1) is 0 Å². The topological polar surface area (TPSA) is 140 Å². The van der Waals surface area contributed by atoms with Crippen molar-refractivity contribution in [3.63, 3.8) is 0 Å². The summed E-state index contributed by atoms with van der Waals surface area (Å²) in [7, 11) is 0. The normalized spacial score (nSPS) is 12.3. The molecular formula is C27H29ClF3N3O6. The number of nitrogens with one attached hydrogen (secondary N) is 3. The molecule has 9 nitrogen and oxygen atoms in total. The number of hydrogen-bond acceptors (Lipinski definition) is 6. The lowest BCUT2D eigenvalue weighted by Crippen LogP contribution is -2.41. The van der Waals surface area contributed by atoms with E-state index < -0.39 is 24.3 Å². The van der Waals surface area contributed by atoms with E-state index in [0.717, 1.165) is 5.56 Å². The number of aliphatic carboxylic acids is 1. The lowest BCUT2D eigenvalue weighted by molar-refractivity contribution is -0.192. The molecule has 0 spiro atoms. The number of benzene rings is 3. The first-order valence-electron chi connectivity index (χ1n) is 11.9. The molecule has 6 N–H and O–H groups in total. The highest BCUT2D eigenvalue weighted by Crippen LogP contribution is 2.21. The van der Waals surface area contributed by atoms with Gasteiger partial charge in [-0.3, -0.25) is 0 Å². The molecule has 3 aromatic rings. The van der Waals surface area contributed by atoms with Crippen molar-refractivity contribution < 1.29 is 42.8 Å². The summed E-state index contributed by atoms with van der Waals surface area (Å²) >= 11 is 6.05. The Morgan fingerprint density at radius 2 is 1.52 bits per heavy atom. The van der Waals surface area contributed by atoms with Gasteiger partial charge in [-0.25, -0.2) is 9.59 Å². The molecule has 0 aliphatic rings. The summed E-state index contributed by atoms with van der Waals surface area (Å²) < 4.78 is 37.3. The van der Waals surface area contributed by atoms with Gasteiger partial charge in [0.05, 0.1) is 17.3 Å². The molecule has 0 saturated heterocycles. The molecule has 0 aromatic heterocycles. The van der Waals surface area contributed by atoms with Gasteiger partial charge in [0, 0.05) is 18.3 Å². The Kier molecular flexibility index (Phi) is 13.2. The zero-order valence-electron chi connectivity index (χ0n) is 21.1. The van der Waals surface area contributed by atoms with Gasteiger partial charge in [0.15, 0.2) is 0 Å². The third-order valence-corrected chi connectivity index (χ3v) is 5.44. The SMILES string of the molecule is O=C(Nc1ccc(C[C@@H](CO)NC[C@H](O)COc2ccccc2)cc1)Nc1ccccc1Cl.O=C(O)C(F)(F)F. The first kappa shape index (κ1) is 32.4. The van der Waals surface area contributed by atoms with Crippen LogP contribution in [0.5, 0.6) is 5.75 Å². The van der Waals surface area contributed by atoms with Crippen LogP contribution in [-0.2, 0) is 11.2 Å². The lowest BCUT2D eigenvalue weighted by Gasteiger charge is -2.19. The molecule has 0 fully saturated rings. The molecular weight excluding hydrogens is 555 g/mol. The number of aliphatic hydroxyl groups excluding tert-OH is 2. The summed E-state index contributed by atoms with van der Waals surface area (Å²) in [5, 5.41) is 36.0. The number of amides is 2.